The van der Waals surface area contributed by atoms with Crippen LogP contribution in [0.25, 0.3) is 0 Å². The first-order valence-corrected chi connectivity index (χ1v) is 12.0. The van der Waals surface area contributed by atoms with Crippen LogP contribution < -0.4 is 15.5 Å². The van der Waals surface area contributed by atoms with Crippen LogP contribution in [0.2, 0.25) is 0 Å². The Kier molecular flexibility index (Phi) is 11.9. The molecule has 0 aromatic carbocycles. The molecule has 0 amide bonds. The van der Waals surface area contributed by atoms with E-state index in [4.69, 9.17) is 9.72 Å². The van der Waals surface area contributed by atoms with Gasteiger partial charge in [-0.3, -0.25) is 4.99 Å². The fraction of sp³-hybridized carbons (Fsp3) is 0.750. The van der Waals surface area contributed by atoms with Crippen molar-refractivity contribution in [3.63, 3.8) is 0 Å². The zero-order valence-corrected chi connectivity index (χ0v) is 21.8. The highest BCUT2D eigenvalue weighted by Crippen LogP contribution is 2.40. The summed E-state index contributed by atoms with van der Waals surface area (Å²) in [4.78, 5) is 11.6. The number of nitrogens with zero attached hydrogens (tertiary/aromatic N) is 3. The third kappa shape index (κ3) is 8.40. The zero-order chi connectivity index (χ0) is 21.1. The standard InChI is InChI=1S/C24H41N5O.HI/c1-3-30-17-14-24(12-6-7-13-24)20-28-23(25-2)27-19-21-10-11-22(26-18-21)29-15-8-4-5-9-16-29;/h10-11,18H,3-9,12-17,19-20H2,1-2H3,(H2,25,27,28);1H. The van der Waals surface area contributed by atoms with Crippen molar-refractivity contribution in [2.75, 3.05) is 44.8 Å². The van der Waals surface area contributed by atoms with E-state index < -0.39 is 0 Å². The molecule has 1 aliphatic heterocycles. The largest absolute Gasteiger partial charge is 0.382 e. The van der Waals surface area contributed by atoms with Crippen molar-refractivity contribution < 1.29 is 4.74 Å². The number of aromatic nitrogens is 1. The van der Waals surface area contributed by atoms with E-state index in [0.717, 1.165) is 57.6 Å². The number of pyridine rings is 1. The first kappa shape index (κ1) is 26.2. The molecule has 0 bridgehead atoms. The number of hydrogen-bond donors (Lipinski definition) is 2. The number of hydrogen-bond acceptors (Lipinski definition) is 4. The van der Waals surface area contributed by atoms with Gasteiger partial charge in [0.2, 0.25) is 0 Å². The van der Waals surface area contributed by atoms with Gasteiger partial charge in [-0.25, -0.2) is 4.98 Å². The van der Waals surface area contributed by atoms with E-state index in [1.54, 1.807) is 0 Å². The molecule has 2 heterocycles. The molecule has 0 unspecified atom stereocenters. The Morgan fingerprint density at radius 1 is 1.10 bits per heavy atom. The van der Waals surface area contributed by atoms with Crippen LogP contribution in [-0.4, -0.2) is 50.8 Å². The quantitative estimate of drug-likeness (QED) is 0.204. The second kappa shape index (κ2) is 14.1. The molecule has 2 N–H and O–H groups in total. The number of guanidine groups is 1. The van der Waals surface area contributed by atoms with E-state index in [9.17, 15) is 0 Å². The first-order valence-electron chi connectivity index (χ1n) is 12.0. The summed E-state index contributed by atoms with van der Waals surface area (Å²) >= 11 is 0. The first-order chi connectivity index (χ1) is 14.7. The minimum absolute atomic E-state index is 0. The van der Waals surface area contributed by atoms with Crippen molar-refractivity contribution in [3.8, 4) is 0 Å². The third-order valence-electron chi connectivity index (χ3n) is 6.70. The van der Waals surface area contributed by atoms with Gasteiger partial charge in [0.05, 0.1) is 0 Å². The molecule has 2 fully saturated rings. The Morgan fingerprint density at radius 3 is 2.45 bits per heavy atom. The topological polar surface area (TPSA) is 61.8 Å². The Bertz CT molecular complexity index is 638. The Morgan fingerprint density at radius 2 is 1.84 bits per heavy atom. The Labute approximate surface area is 206 Å². The molecule has 1 aromatic heterocycles. The van der Waals surface area contributed by atoms with Gasteiger partial charge in [-0.15, -0.1) is 24.0 Å². The SMILES string of the molecule is CCOCCC1(CNC(=NC)NCc2ccc(N3CCCCCC3)nc2)CCCC1.I. The molecule has 0 spiro atoms. The van der Waals surface area contributed by atoms with Crippen LogP contribution in [0, 0.1) is 5.41 Å². The minimum Gasteiger partial charge on any atom is -0.382 e. The number of ether oxygens (including phenoxy) is 1. The van der Waals surface area contributed by atoms with Gasteiger partial charge in [0.1, 0.15) is 5.82 Å². The Balaban J connectivity index is 0.00000341. The van der Waals surface area contributed by atoms with Crippen molar-refractivity contribution >= 4 is 35.8 Å². The van der Waals surface area contributed by atoms with E-state index in [-0.39, 0.29) is 24.0 Å². The molecular formula is C24H42IN5O. The molecule has 1 aromatic rings. The lowest BCUT2D eigenvalue weighted by molar-refractivity contribution is 0.105. The maximum absolute atomic E-state index is 5.64. The summed E-state index contributed by atoms with van der Waals surface area (Å²) < 4.78 is 5.64. The summed E-state index contributed by atoms with van der Waals surface area (Å²) in [5, 5.41) is 7.03. The lowest BCUT2D eigenvalue weighted by Crippen LogP contribution is -2.43. The maximum Gasteiger partial charge on any atom is 0.191 e. The van der Waals surface area contributed by atoms with Crippen molar-refractivity contribution in [1.29, 1.82) is 0 Å². The van der Waals surface area contributed by atoms with E-state index in [0.29, 0.717) is 5.41 Å². The molecule has 1 saturated heterocycles. The predicted octanol–water partition coefficient (Wildman–Crippen LogP) is 4.73. The van der Waals surface area contributed by atoms with Crippen LogP contribution in [0.1, 0.15) is 70.3 Å². The molecular weight excluding hydrogens is 501 g/mol. The van der Waals surface area contributed by atoms with Gasteiger partial charge in [-0.2, -0.15) is 0 Å². The lowest BCUT2D eigenvalue weighted by atomic mass is 9.83. The van der Waals surface area contributed by atoms with Crippen LogP contribution in [0.4, 0.5) is 5.82 Å². The number of aliphatic imine (C=N–C) groups is 1. The van der Waals surface area contributed by atoms with Crippen LogP contribution >= 0.6 is 24.0 Å². The normalized spacial score (nSPS) is 18.9. The van der Waals surface area contributed by atoms with E-state index in [1.165, 1.54) is 56.9 Å². The molecule has 0 radical (unpaired) electrons. The zero-order valence-electron chi connectivity index (χ0n) is 19.5. The Hall–Kier alpha value is -1.09. The van der Waals surface area contributed by atoms with Crippen molar-refractivity contribution in [1.82, 2.24) is 15.6 Å². The molecule has 1 aliphatic carbocycles. The van der Waals surface area contributed by atoms with Gasteiger partial charge < -0.3 is 20.3 Å². The molecule has 31 heavy (non-hydrogen) atoms. The number of anilines is 1. The van der Waals surface area contributed by atoms with E-state index >= 15 is 0 Å². The molecule has 1 saturated carbocycles. The average Bonchev–Trinajstić information content (AvgIpc) is 3.07. The summed E-state index contributed by atoms with van der Waals surface area (Å²) in [7, 11) is 1.84. The smallest absolute Gasteiger partial charge is 0.191 e. The highest BCUT2D eigenvalue weighted by atomic mass is 127. The van der Waals surface area contributed by atoms with Gasteiger partial charge in [-0.1, -0.05) is 31.7 Å². The second-order valence-electron chi connectivity index (χ2n) is 8.86. The monoisotopic (exact) mass is 543 g/mol. The molecule has 2 aliphatic rings. The fourth-order valence-corrected chi connectivity index (χ4v) is 4.76. The molecule has 7 heteroatoms. The molecule has 0 atom stereocenters. The van der Waals surface area contributed by atoms with E-state index in [1.807, 2.05) is 13.2 Å². The molecule has 6 nitrogen and oxygen atoms in total. The van der Waals surface area contributed by atoms with Crippen LogP contribution in [0.3, 0.4) is 0 Å². The summed E-state index contributed by atoms with van der Waals surface area (Å²) in [6.45, 7) is 7.69. The number of nitrogens with one attached hydrogen (secondary N) is 2. The summed E-state index contributed by atoms with van der Waals surface area (Å²) in [5.74, 6) is 1.98. The van der Waals surface area contributed by atoms with Gasteiger partial charge in [-0.05, 0) is 56.1 Å². The van der Waals surface area contributed by atoms with E-state index in [2.05, 4.69) is 39.6 Å². The maximum atomic E-state index is 5.64. The molecule has 3 rings (SSSR count). The third-order valence-corrected chi connectivity index (χ3v) is 6.70. The van der Waals surface area contributed by atoms with Crippen molar-refractivity contribution in [3.05, 3.63) is 23.9 Å². The highest BCUT2D eigenvalue weighted by molar-refractivity contribution is 14.0. The predicted molar refractivity (Wildman–Crippen MR) is 141 cm³/mol. The minimum atomic E-state index is 0. The summed E-state index contributed by atoms with van der Waals surface area (Å²) in [5.41, 5.74) is 1.53. The van der Waals surface area contributed by atoms with Crippen molar-refractivity contribution in [2.24, 2.45) is 10.4 Å². The van der Waals surface area contributed by atoms with Gasteiger partial charge in [0, 0.05) is 52.6 Å². The second-order valence-corrected chi connectivity index (χ2v) is 8.86. The lowest BCUT2D eigenvalue weighted by Gasteiger charge is -2.30. The summed E-state index contributed by atoms with van der Waals surface area (Å²) in [6, 6.07) is 4.35. The average molecular weight is 544 g/mol. The van der Waals surface area contributed by atoms with Gasteiger partial charge in [0.25, 0.3) is 0 Å². The van der Waals surface area contributed by atoms with Crippen LogP contribution in [0.5, 0.6) is 0 Å². The molecule has 176 valence electrons. The number of halogens is 1. The number of rotatable bonds is 9. The van der Waals surface area contributed by atoms with Crippen LogP contribution in [0.15, 0.2) is 23.3 Å². The summed E-state index contributed by atoms with van der Waals surface area (Å²) in [6.07, 6.45) is 13.6. The van der Waals surface area contributed by atoms with Gasteiger partial charge in [0.15, 0.2) is 5.96 Å². The highest BCUT2D eigenvalue weighted by Gasteiger charge is 2.33. The fourth-order valence-electron chi connectivity index (χ4n) is 4.76. The van der Waals surface area contributed by atoms with Gasteiger partial charge >= 0.3 is 0 Å². The van der Waals surface area contributed by atoms with Crippen molar-refractivity contribution in [2.45, 2.75) is 71.3 Å². The van der Waals surface area contributed by atoms with Crippen LogP contribution in [-0.2, 0) is 11.3 Å².